The van der Waals surface area contributed by atoms with Gasteiger partial charge in [-0.3, -0.25) is 4.90 Å². The van der Waals surface area contributed by atoms with Gasteiger partial charge in [0.25, 0.3) is 0 Å². The summed E-state index contributed by atoms with van der Waals surface area (Å²) in [6.45, 7) is 12.2. The third-order valence-electron chi connectivity index (χ3n) is 5.05. The van der Waals surface area contributed by atoms with E-state index in [1.54, 1.807) is 0 Å². The number of phenols is 1. The summed E-state index contributed by atoms with van der Waals surface area (Å²) in [6.07, 6.45) is 9.90. The Kier molecular flexibility index (Phi) is 6.68. The Bertz CT molecular complexity index is 590. The van der Waals surface area contributed by atoms with Gasteiger partial charge in [-0.25, -0.2) is 0 Å². The van der Waals surface area contributed by atoms with Gasteiger partial charge in [0.1, 0.15) is 5.75 Å². The molecule has 1 atom stereocenters. The zero-order chi connectivity index (χ0) is 17.7. The van der Waals surface area contributed by atoms with Crippen molar-refractivity contribution in [1.82, 2.24) is 4.90 Å². The molecule has 2 nitrogen and oxygen atoms in total. The van der Waals surface area contributed by atoms with Crippen molar-refractivity contribution >= 4 is 0 Å². The van der Waals surface area contributed by atoms with Gasteiger partial charge >= 0.3 is 0 Å². The largest absolute Gasteiger partial charge is 0.508 e. The van der Waals surface area contributed by atoms with E-state index in [1.807, 2.05) is 12.1 Å². The van der Waals surface area contributed by atoms with E-state index in [1.165, 1.54) is 11.1 Å². The highest BCUT2D eigenvalue weighted by atomic mass is 16.3. The third-order valence-corrected chi connectivity index (χ3v) is 5.05. The van der Waals surface area contributed by atoms with Crippen LogP contribution in [0, 0.1) is 6.92 Å². The van der Waals surface area contributed by atoms with Gasteiger partial charge < -0.3 is 5.11 Å². The molecule has 0 saturated carbocycles. The second-order valence-corrected chi connectivity index (χ2v) is 7.54. The predicted molar refractivity (Wildman–Crippen MR) is 104 cm³/mol. The van der Waals surface area contributed by atoms with Crippen LogP contribution in [0.2, 0.25) is 0 Å². The average molecular weight is 328 g/mol. The number of nitrogens with zero attached hydrogens (tertiary/aromatic N) is 1. The second-order valence-electron chi connectivity index (χ2n) is 7.54. The SMILES string of the molecule is Cc1ccc(O)c([C@H](CCN(C(C)C)C(C)C)C2=CC=CCC2)c1. The number of hydrogen-bond donors (Lipinski definition) is 1. The average Bonchev–Trinajstić information content (AvgIpc) is 2.54. The first-order chi connectivity index (χ1) is 11.4. The predicted octanol–water partition coefficient (Wildman–Crippen LogP) is 5.57. The van der Waals surface area contributed by atoms with Crippen LogP contribution in [0.3, 0.4) is 0 Å². The summed E-state index contributed by atoms with van der Waals surface area (Å²) in [5, 5.41) is 10.5. The molecule has 1 aliphatic carbocycles. The highest BCUT2D eigenvalue weighted by Crippen LogP contribution is 2.38. The van der Waals surface area contributed by atoms with Gasteiger partial charge in [0.2, 0.25) is 0 Å². The summed E-state index contributed by atoms with van der Waals surface area (Å²) in [5.74, 6) is 0.733. The lowest BCUT2D eigenvalue weighted by Gasteiger charge is -2.33. The Morgan fingerprint density at radius 2 is 1.83 bits per heavy atom. The quantitative estimate of drug-likeness (QED) is 0.707. The number of hydrogen-bond acceptors (Lipinski definition) is 2. The Balaban J connectivity index is 2.28. The first-order valence-electron chi connectivity index (χ1n) is 9.31. The van der Waals surface area contributed by atoms with E-state index in [2.05, 4.69) is 63.8 Å². The summed E-state index contributed by atoms with van der Waals surface area (Å²) < 4.78 is 0. The lowest BCUT2D eigenvalue weighted by Crippen LogP contribution is -2.38. The van der Waals surface area contributed by atoms with E-state index >= 15 is 0 Å². The molecular weight excluding hydrogens is 294 g/mol. The molecule has 0 aromatic heterocycles. The molecule has 0 fully saturated rings. The minimum absolute atomic E-state index is 0.301. The highest BCUT2D eigenvalue weighted by molar-refractivity contribution is 5.43. The Morgan fingerprint density at radius 1 is 1.12 bits per heavy atom. The van der Waals surface area contributed by atoms with Crippen LogP contribution in [-0.2, 0) is 0 Å². The summed E-state index contributed by atoms with van der Waals surface area (Å²) >= 11 is 0. The molecule has 0 amide bonds. The van der Waals surface area contributed by atoms with Crippen LogP contribution in [0.5, 0.6) is 5.75 Å². The van der Waals surface area contributed by atoms with Crippen LogP contribution >= 0.6 is 0 Å². The smallest absolute Gasteiger partial charge is 0.119 e. The van der Waals surface area contributed by atoms with E-state index in [0.29, 0.717) is 23.8 Å². The molecule has 1 N–H and O–H groups in total. The number of benzene rings is 1. The van der Waals surface area contributed by atoms with Gasteiger partial charge in [0.05, 0.1) is 0 Å². The van der Waals surface area contributed by atoms with Crippen LogP contribution < -0.4 is 0 Å². The van der Waals surface area contributed by atoms with E-state index in [4.69, 9.17) is 0 Å². The second kappa shape index (κ2) is 8.53. The standard InChI is InChI=1S/C22H33NO/c1-16(2)23(17(3)4)14-13-20(19-9-7-6-8-10-19)21-15-18(5)11-12-22(21)24/h6-7,9,11-12,15-17,20,24H,8,10,13-14H2,1-5H3/t20-/m1/s1. The molecule has 1 aliphatic rings. The van der Waals surface area contributed by atoms with Gasteiger partial charge in [-0.2, -0.15) is 0 Å². The first-order valence-corrected chi connectivity index (χ1v) is 9.31. The van der Waals surface area contributed by atoms with Crippen LogP contribution in [0.4, 0.5) is 0 Å². The van der Waals surface area contributed by atoms with Crippen molar-refractivity contribution < 1.29 is 5.11 Å². The molecule has 2 heteroatoms. The molecule has 0 saturated heterocycles. The number of aryl methyl sites for hydroxylation is 1. The molecule has 0 bridgehead atoms. The number of rotatable bonds is 7. The molecule has 24 heavy (non-hydrogen) atoms. The minimum atomic E-state index is 0.301. The fourth-order valence-electron chi connectivity index (χ4n) is 3.80. The molecule has 1 aromatic carbocycles. The summed E-state index contributed by atoms with van der Waals surface area (Å²) in [6, 6.07) is 7.07. The number of aromatic hydroxyl groups is 1. The van der Waals surface area contributed by atoms with Crippen molar-refractivity contribution in [2.45, 2.75) is 71.9 Å². The fourth-order valence-corrected chi connectivity index (χ4v) is 3.80. The van der Waals surface area contributed by atoms with Gasteiger partial charge in [-0.05, 0) is 66.5 Å². The van der Waals surface area contributed by atoms with Crippen molar-refractivity contribution in [3.8, 4) is 5.75 Å². The van der Waals surface area contributed by atoms with Crippen LogP contribution in [0.1, 0.15) is 64.0 Å². The van der Waals surface area contributed by atoms with Crippen LogP contribution in [-0.4, -0.2) is 28.6 Å². The van der Waals surface area contributed by atoms with E-state index < -0.39 is 0 Å². The normalized spacial score (nSPS) is 16.1. The Labute approximate surface area is 147 Å². The first kappa shape index (κ1) is 18.8. The zero-order valence-corrected chi connectivity index (χ0v) is 15.9. The van der Waals surface area contributed by atoms with Gasteiger partial charge in [0.15, 0.2) is 0 Å². The molecule has 132 valence electrons. The van der Waals surface area contributed by atoms with Gasteiger partial charge in [-0.15, -0.1) is 0 Å². The number of allylic oxidation sites excluding steroid dienone is 4. The van der Waals surface area contributed by atoms with Crippen molar-refractivity contribution in [3.05, 3.63) is 53.1 Å². The lowest BCUT2D eigenvalue weighted by atomic mass is 9.83. The maximum atomic E-state index is 10.5. The number of phenolic OH excluding ortho intramolecular Hbond substituents is 1. The van der Waals surface area contributed by atoms with Crippen molar-refractivity contribution in [3.63, 3.8) is 0 Å². The maximum absolute atomic E-state index is 10.5. The van der Waals surface area contributed by atoms with Gasteiger partial charge in [0, 0.05) is 23.6 Å². The van der Waals surface area contributed by atoms with Crippen molar-refractivity contribution in [1.29, 1.82) is 0 Å². The monoisotopic (exact) mass is 327 g/mol. The summed E-state index contributed by atoms with van der Waals surface area (Å²) in [7, 11) is 0. The van der Waals surface area contributed by atoms with E-state index in [0.717, 1.165) is 31.4 Å². The summed E-state index contributed by atoms with van der Waals surface area (Å²) in [5.41, 5.74) is 3.75. The minimum Gasteiger partial charge on any atom is -0.508 e. The van der Waals surface area contributed by atoms with Crippen molar-refractivity contribution in [2.24, 2.45) is 0 Å². The molecule has 0 spiro atoms. The lowest BCUT2D eigenvalue weighted by molar-refractivity contribution is 0.170. The van der Waals surface area contributed by atoms with Crippen LogP contribution in [0.25, 0.3) is 0 Å². The van der Waals surface area contributed by atoms with Crippen LogP contribution in [0.15, 0.2) is 42.0 Å². The molecule has 0 unspecified atom stereocenters. The van der Waals surface area contributed by atoms with Crippen molar-refractivity contribution in [2.75, 3.05) is 6.54 Å². The Hall–Kier alpha value is -1.54. The molecule has 0 heterocycles. The maximum Gasteiger partial charge on any atom is 0.119 e. The van der Waals surface area contributed by atoms with Gasteiger partial charge in [-0.1, -0.05) is 41.5 Å². The third kappa shape index (κ3) is 4.73. The fraction of sp³-hybridized carbons (Fsp3) is 0.545. The topological polar surface area (TPSA) is 23.5 Å². The molecule has 1 aromatic rings. The summed E-state index contributed by atoms with van der Waals surface area (Å²) in [4.78, 5) is 2.54. The highest BCUT2D eigenvalue weighted by Gasteiger charge is 2.23. The Morgan fingerprint density at radius 3 is 2.42 bits per heavy atom. The molecule has 0 aliphatic heterocycles. The zero-order valence-electron chi connectivity index (χ0n) is 15.9. The van der Waals surface area contributed by atoms with E-state index in [9.17, 15) is 5.11 Å². The molecular formula is C22H33NO. The molecule has 2 rings (SSSR count). The molecule has 0 radical (unpaired) electrons. The van der Waals surface area contributed by atoms with E-state index in [-0.39, 0.29) is 0 Å².